The summed E-state index contributed by atoms with van der Waals surface area (Å²) in [6.07, 6.45) is 3.14. The van der Waals surface area contributed by atoms with E-state index in [4.69, 9.17) is 0 Å². The highest BCUT2D eigenvalue weighted by Gasteiger charge is 2.47. The van der Waals surface area contributed by atoms with Gasteiger partial charge in [-0.15, -0.1) is 0 Å². The average molecular weight is 372 g/mol. The van der Waals surface area contributed by atoms with Crippen molar-refractivity contribution in [1.29, 1.82) is 0 Å². The van der Waals surface area contributed by atoms with Gasteiger partial charge in [0.25, 0.3) is 5.91 Å². The third-order valence-electron chi connectivity index (χ3n) is 5.93. The smallest absolute Gasteiger partial charge is 0.298 e. The molecule has 4 nitrogen and oxygen atoms in total. The molecule has 2 saturated heterocycles. The summed E-state index contributed by atoms with van der Waals surface area (Å²) >= 11 is 0. The fraction of sp³-hybridized carbons (Fsp3) is 0.333. The van der Waals surface area contributed by atoms with E-state index in [1.54, 1.807) is 0 Å². The van der Waals surface area contributed by atoms with Crippen molar-refractivity contribution >= 4 is 11.8 Å². The first kappa shape index (κ1) is 18.3. The molecular formula is C24H24N2O2. The van der Waals surface area contributed by atoms with E-state index in [9.17, 15) is 9.59 Å². The zero-order chi connectivity index (χ0) is 19.4. The maximum Gasteiger partial charge on any atom is 0.298 e. The monoisotopic (exact) mass is 372 g/mol. The molecule has 0 aromatic heterocycles. The van der Waals surface area contributed by atoms with E-state index in [1.165, 1.54) is 0 Å². The Hall–Kier alpha value is -3.06. The summed E-state index contributed by atoms with van der Waals surface area (Å²) in [5.74, 6) is 5.81. The van der Waals surface area contributed by atoms with E-state index in [2.05, 4.69) is 28.9 Å². The molecule has 0 N–H and O–H groups in total. The standard InChI is InChI=1S/C24H24N2O2/c27-22(12-11-20-7-3-1-4-8-20)25-17-15-24(16-18-25)14-13-23(28)26(24)19-21-9-5-2-6-10-21/h1-10H,13-19H2. The molecule has 28 heavy (non-hydrogen) atoms. The van der Waals surface area contributed by atoms with Crippen LogP contribution in [0.15, 0.2) is 60.7 Å². The number of likely N-dealkylation sites (tertiary alicyclic amines) is 2. The lowest BCUT2D eigenvalue weighted by Gasteiger charge is -2.44. The molecule has 1 spiro atoms. The Morgan fingerprint density at radius 3 is 2.25 bits per heavy atom. The lowest BCUT2D eigenvalue weighted by Crippen LogP contribution is -2.53. The van der Waals surface area contributed by atoms with Crippen LogP contribution in [0.25, 0.3) is 0 Å². The van der Waals surface area contributed by atoms with Crippen LogP contribution in [0.5, 0.6) is 0 Å². The Balaban J connectivity index is 1.41. The van der Waals surface area contributed by atoms with Crippen LogP contribution in [0.3, 0.4) is 0 Å². The van der Waals surface area contributed by atoms with Crippen LogP contribution >= 0.6 is 0 Å². The first-order valence-corrected chi connectivity index (χ1v) is 9.87. The molecule has 0 radical (unpaired) electrons. The van der Waals surface area contributed by atoms with Crippen molar-refractivity contribution in [2.45, 2.75) is 37.8 Å². The second kappa shape index (κ2) is 7.90. The van der Waals surface area contributed by atoms with Gasteiger partial charge in [-0.05, 0) is 37.0 Å². The summed E-state index contributed by atoms with van der Waals surface area (Å²) in [4.78, 5) is 28.9. The number of piperidine rings is 1. The fourth-order valence-corrected chi connectivity index (χ4v) is 4.27. The second-order valence-corrected chi connectivity index (χ2v) is 7.60. The lowest BCUT2D eigenvalue weighted by molar-refractivity contribution is -0.134. The number of carbonyl (C=O) groups is 2. The van der Waals surface area contributed by atoms with Gasteiger partial charge in [0, 0.05) is 43.1 Å². The summed E-state index contributed by atoms with van der Waals surface area (Å²) in [5.41, 5.74) is 1.89. The van der Waals surface area contributed by atoms with Gasteiger partial charge in [0.1, 0.15) is 0 Å². The number of rotatable bonds is 2. The molecule has 0 saturated carbocycles. The summed E-state index contributed by atoms with van der Waals surface area (Å²) in [5, 5.41) is 0. The van der Waals surface area contributed by atoms with Crippen LogP contribution < -0.4 is 0 Å². The van der Waals surface area contributed by atoms with Crippen molar-refractivity contribution in [3.05, 3.63) is 71.8 Å². The number of hydrogen-bond acceptors (Lipinski definition) is 2. The molecule has 2 aromatic rings. The highest BCUT2D eigenvalue weighted by Crippen LogP contribution is 2.40. The van der Waals surface area contributed by atoms with Gasteiger partial charge in [0.05, 0.1) is 0 Å². The maximum absolute atomic E-state index is 12.5. The maximum atomic E-state index is 12.5. The van der Waals surface area contributed by atoms with Gasteiger partial charge in [0.2, 0.25) is 5.91 Å². The average Bonchev–Trinajstić information content (AvgIpc) is 3.04. The van der Waals surface area contributed by atoms with Crippen LogP contribution in [0.1, 0.15) is 36.8 Å². The first-order valence-electron chi connectivity index (χ1n) is 9.87. The van der Waals surface area contributed by atoms with E-state index in [0.717, 1.165) is 30.4 Å². The van der Waals surface area contributed by atoms with Gasteiger partial charge in [-0.1, -0.05) is 54.5 Å². The third-order valence-corrected chi connectivity index (χ3v) is 5.93. The predicted octanol–water partition coefficient (Wildman–Crippen LogP) is 3.22. The van der Waals surface area contributed by atoms with Crippen LogP contribution in [0, 0.1) is 11.8 Å². The summed E-state index contributed by atoms with van der Waals surface area (Å²) in [7, 11) is 0. The second-order valence-electron chi connectivity index (χ2n) is 7.60. The molecule has 2 fully saturated rings. The van der Waals surface area contributed by atoms with E-state index in [1.807, 2.05) is 53.4 Å². The van der Waals surface area contributed by atoms with Crippen LogP contribution in [0.4, 0.5) is 0 Å². The van der Waals surface area contributed by atoms with Gasteiger partial charge < -0.3 is 9.80 Å². The highest BCUT2D eigenvalue weighted by molar-refractivity contribution is 5.94. The predicted molar refractivity (Wildman–Crippen MR) is 108 cm³/mol. The lowest BCUT2D eigenvalue weighted by atomic mass is 9.84. The van der Waals surface area contributed by atoms with E-state index in [0.29, 0.717) is 26.1 Å². The number of benzene rings is 2. The fourth-order valence-electron chi connectivity index (χ4n) is 4.27. The number of hydrogen-bond donors (Lipinski definition) is 0. The molecule has 142 valence electrons. The minimum Gasteiger partial charge on any atom is -0.333 e. The van der Waals surface area contributed by atoms with Gasteiger partial charge in [-0.3, -0.25) is 9.59 Å². The van der Waals surface area contributed by atoms with Crippen molar-refractivity contribution < 1.29 is 9.59 Å². The quantitative estimate of drug-likeness (QED) is 0.760. The van der Waals surface area contributed by atoms with Gasteiger partial charge in [-0.2, -0.15) is 0 Å². The van der Waals surface area contributed by atoms with Crippen LogP contribution in [-0.4, -0.2) is 40.2 Å². The minimum atomic E-state index is -0.127. The number of amides is 2. The van der Waals surface area contributed by atoms with E-state index >= 15 is 0 Å². The molecular weight excluding hydrogens is 348 g/mol. The molecule has 4 heteroatoms. The molecule has 2 aliphatic heterocycles. The van der Waals surface area contributed by atoms with Crippen LogP contribution in [0.2, 0.25) is 0 Å². The summed E-state index contributed by atoms with van der Waals surface area (Å²) < 4.78 is 0. The molecule has 4 rings (SSSR count). The SMILES string of the molecule is O=C(C#Cc1ccccc1)N1CCC2(CCC(=O)N2Cc2ccccc2)CC1. The molecule has 2 heterocycles. The number of nitrogens with zero attached hydrogens (tertiary/aromatic N) is 2. The molecule has 2 aromatic carbocycles. The molecule has 2 amide bonds. The van der Waals surface area contributed by atoms with E-state index < -0.39 is 0 Å². The largest absolute Gasteiger partial charge is 0.333 e. The zero-order valence-corrected chi connectivity index (χ0v) is 15.9. The molecule has 0 aliphatic carbocycles. The van der Waals surface area contributed by atoms with Crippen molar-refractivity contribution in [2.75, 3.05) is 13.1 Å². The van der Waals surface area contributed by atoms with Crippen LogP contribution in [-0.2, 0) is 16.1 Å². The van der Waals surface area contributed by atoms with Crippen molar-refractivity contribution in [2.24, 2.45) is 0 Å². The molecule has 0 bridgehead atoms. The molecule has 2 aliphatic rings. The van der Waals surface area contributed by atoms with Crippen molar-refractivity contribution in [3.63, 3.8) is 0 Å². The minimum absolute atomic E-state index is 0.115. The third kappa shape index (κ3) is 3.80. The van der Waals surface area contributed by atoms with Gasteiger partial charge in [0.15, 0.2) is 0 Å². The Morgan fingerprint density at radius 1 is 0.929 bits per heavy atom. The number of carbonyl (C=O) groups excluding carboxylic acids is 2. The Labute approximate surface area is 166 Å². The highest BCUT2D eigenvalue weighted by atomic mass is 16.2. The summed E-state index contributed by atoms with van der Waals surface area (Å²) in [6, 6.07) is 19.7. The summed E-state index contributed by atoms with van der Waals surface area (Å²) in [6.45, 7) is 1.96. The Kier molecular flexibility index (Phi) is 5.16. The zero-order valence-electron chi connectivity index (χ0n) is 15.9. The van der Waals surface area contributed by atoms with Gasteiger partial charge >= 0.3 is 0 Å². The van der Waals surface area contributed by atoms with Crippen molar-refractivity contribution in [1.82, 2.24) is 9.80 Å². The van der Waals surface area contributed by atoms with Crippen molar-refractivity contribution in [3.8, 4) is 11.8 Å². The molecule has 0 unspecified atom stereocenters. The Bertz CT molecular complexity index is 904. The first-order chi connectivity index (χ1) is 13.7. The Morgan fingerprint density at radius 2 is 1.57 bits per heavy atom. The molecule has 0 atom stereocenters. The van der Waals surface area contributed by atoms with Gasteiger partial charge in [-0.25, -0.2) is 0 Å². The topological polar surface area (TPSA) is 40.6 Å². The normalized spacial score (nSPS) is 18.1. The van der Waals surface area contributed by atoms with E-state index in [-0.39, 0.29) is 17.4 Å².